The van der Waals surface area contributed by atoms with E-state index in [2.05, 4.69) is 4.98 Å². The Bertz CT molecular complexity index is 581. The molecule has 4 heteroatoms. The summed E-state index contributed by atoms with van der Waals surface area (Å²) >= 11 is 0. The van der Waals surface area contributed by atoms with Gasteiger partial charge in [0.15, 0.2) is 0 Å². The zero-order valence-electron chi connectivity index (χ0n) is 10.2. The molecule has 0 unspecified atom stereocenters. The van der Waals surface area contributed by atoms with Gasteiger partial charge in [0.25, 0.3) is 0 Å². The summed E-state index contributed by atoms with van der Waals surface area (Å²) in [6, 6.07) is 2.72. The van der Waals surface area contributed by atoms with Crippen LogP contribution in [-0.2, 0) is 6.42 Å². The van der Waals surface area contributed by atoms with Crippen LogP contribution in [0.4, 0.5) is 10.1 Å². The van der Waals surface area contributed by atoms with E-state index < -0.39 is 0 Å². The molecule has 0 fully saturated rings. The average molecular weight is 234 g/mol. The number of fused-ring (bicyclic) bond motifs is 1. The number of halogens is 1. The van der Waals surface area contributed by atoms with E-state index in [1.807, 2.05) is 13.8 Å². The number of nitrogen functional groups attached to an aromatic ring is 1. The molecule has 1 heterocycles. The second-order valence-corrected chi connectivity index (χ2v) is 3.95. The average Bonchev–Trinajstić information content (AvgIpc) is 2.33. The van der Waals surface area contributed by atoms with Crippen molar-refractivity contribution in [3.8, 4) is 5.75 Å². The standard InChI is InChI=1S/C13H15FN2O/c1-4-10-7(2)12(15)9-5-8(14)6-11(17-3)13(9)16-10/h5-6H,4H2,1-3H3,(H2,15,16). The molecule has 1 aromatic heterocycles. The summed E-state index contributed by atoms with van der Waals surface area (Å²) in [7, 11) is 1.50. The Kier molecular flexibility index (Phi) is 2.88. The quantitative estimate of drug-likeness (QED) is 0.869. The van der Waals surface area contributed by atoms with E-state index in [0.29, 0.717) is 22.3 Å². The van der Waals surface area contributed by atoms with Gasteiger partial charge in [0, 0.05) is 22.8 Å². The van der Waals surface area contributed by atoms with Gasteiger partial charge in [-0.15, -0.1) is 0 Å². The largest absolute Gasteiger partial charge is 0.494 e. The highest BCUT2D eigenvalue weighted by atomic mass is 19.1. The number of rotatable bonds is 2. The van der Waals surface area contributed by atoms with Crippen LogP contribution in [0.15, 0.2) is 12.1 Å². The molecule has 0 spiro atoms. The van der Waals surface area contributed by atoms with Gasteiger partial charge in [0.2, 0.25) is 0 Å². The number of ether oxygens (including phenoxy) is 1. The second-order valence-electron chi connectivity index (χ2n) is 3.95. The molecule has 0 aliphatic rings. The Morgan fingerprint density at radius 2 is 2.12 bits per heavy atom. The van der Waals surface area contributed by atoms with E-state index in [0.717, 1.165) is 17.7 Å². The van der Waals surface area contributed by atoms with Gasteiger partial charge in [0.1, 0.15) is 17.1 Å². The molecular weight excluding hydrogens is 219 g/mol. The van der Waals surface area contributed by atoms with Crippen molar-refractivity contribution in [1.82, 2.24) is 4.98 Å². The van der Waals surface area contributed by atoms with Crippen molar-refractivity contribution in [2.24, 2.45) is 0 Å². The minimum Gasteiger partial charge on any atom is -0.494 e. The number of hydrogen-bond donors (Lipinski definition) is 1. The maximum Gasteiger partial charge on any atom is 0.148 e. The first-order valence-electron chi connectivity index (χ1n) is 5.50. The minimum absolute atomic E-state index is 0.369. The summed E-state index contributed by atoms with van der Waals surface area (Å²) in [5, 5.41) is 0.608. The van der Waals surface area contributed by atoms with Gasteiger partial charge in [-0.2, -0.15) is 0 Å². The Hall–Kier alpha value is -1.84. The summed E-state index contributed by atoms with van der Waals surface area (Å²) < 4.78 is 18.6. The Morgan fingerprint density at radius 1 is 1.41 bits per heavy atom. The highest BCUT2D eigenvalue weighted by molar-refractivity contribution is 5.95. The van der Waals surface area contributed by atoms with E-state index in [4.69, 9.17) is 10.5 Å². The number of nitrogens with zero attached hydrogens (tertiary/aromatic N) is 1. The van der Waals surface area contributed by atoms with Gasteiger partial charge in [0.05, 0.1) is 7.11 Å². The third kappa shape index (κ3) is 1.79. The number of aromatic nitrogens is 1. The van der Waals surface area contributed by atoms with Gasteiger partial charge in [-0.25, -0.2) is 9.37 Å². The molecule has 3 nitrogen and oxygen atoms in total. The van der Waals surface area contributed by atoms with E-state index in [1.165, 1.54) is 19.2 Å². The molecule has 0 saturated heterocycles. The summed E-state index contributed by atoms with van der Waals surface area (Å²) in [5.74, 6) is 0.0490. The lowest BCUT2D eigenvalue weighted by molar-refractivity contribution is 0.415. The zero-order chi connectivity index (χ0) is 12.6. The van der Waals surface area contributed by atoms with Crippen molar-refractivity contribution in [3.63, 3.8) is 0 Å². The number of aryl methyl sites for hydroxylation is 1. The normalized spacial score (nSPS) is 10.8. The molecule has 2 rings (SSSR count). The second kappa shape index (κ2) is 4.20. The number of hydrogen-bond acceptors (Lipinski definition) is 3. The van der Waals surface area contributed by atoms with Gasteiger partial charge < -0.3 is 10.5 Å². The lowest BCUT2D eigenvalue weighted by Gasteiger charge is -2.12. The molecule has 1 aromatic carbocycles. The van der Waals surface area contributed by atoms with Gasteiger partial charge in [-0.1, -0.05) is 6.92 Å². The molecule has 0 saturated carbocycles. The van der Waals surface area contributed by atoms with Crippen LogP contribution in [-0.4, -0.2) is 12.1 Å². The van der Waals surface area contributed by atoms with Crippen LogP contribution >= 0.6 is 0 Å². The number of benzene rings is 1. The third-order valence-corrected chi connectivity index (χ3v) is 2.97. The molecule has 17 heavy (non-hydrogen) atoms. The lowest BCUT2D eigenvalue weighted by atomic mass is 10.1. The first-order valence-corrected chi connectivity index (χ1v) is 5.50. The van der Waals surface area contributed by atoms with Crippen LogP contribution in [0.3, 0.4) is 0 Å². The zero-order valence-corrected chi connectivity index (χ0v) is 10.2. The van der Waals surface area contributed by atoms with E-state index in [1.54, 1.807) is 0 Å². The molecule has 0 bridgehead atoms. The molecule has 0 aliphatic carbocycles. The molecule has 0 radical (unpaired) electrons. The van der Waals surface area contributed by atoms with E-state index >= 15 is 0 Å². The SMILES string of the molecule is CCc1nc2c(OC)cc(F)cc2c(N)c1C. The number of pyridine rings is 1. The molecule has 2 N–H and O–H groups in total. The minimum atomic E-state index is -0.369. The highest BCUT2D eigenvalue weighted by Gasteiger charge is 2.13. The molecule has 0 atom stereocenters. The van der Waals surface area contributed by atoms with E-state index in [-0.39, 0.29) is 5.82 Å². The van der Waals surface area contributed by atoms with Crippen molar-refractivity contribution in [2.75, 3.05) is 12.8 Å². The summed E-state index contributed by atoms with van der Waals surface area (Å²) in [6.07, 6.45) is 0.784. The summed E-state index contributed by atoms with van der Waals surface area (Å²) in [6.45, 7) is 3.91. The van der Waals surface area contributed by atoms with Gasteiger partial charge >= 0.3 is 0 Å². The lowest BCUT2D eigenvalue weighted by Crippen LogP contribution is -2.02. The summed E-state index contributed by atoms with van der Waals surface area (Å²) in [5.41, 5.74) is 9.04. The fourth-order valence-electron chi connectivity index (χ4n) is 1.97. The van der Waals surface area contributed by atoms with E-state index in [9.17, 15) is 4.39 Å². The Morgan fingerprint density at radius 3 is 2.71 bits per heavy atom. The van der Waals surface area contributed by atoms with Crippen molar-refractivity contribution >= 4 is 16.6 Å². The molecule has 2 aromatic rings. The Balaban J connectivity index is 2.90. The number of methoxy groups -OCH3 is 1. The molecular formula is C13H15FN2O. The highest BCUT2D eigenvalue weighted by Crippen LogP contribution is 2.32. The maximum absolute atomic E-state index is 13.4. The number of nitrogens with two attached hydrogens (primary N) is 1. The van der Waals surface area contributed by atoms with Gasteiger partial charge in [-0.3, -0.25) is 0 Å². The van der Waals surface area contributed by atoms with Crippen molar-refractivity contribution in [3.05, 3.63) is 29.2 Å². The molecule has 90 valence electrons. The van der Waals surface area contributed by atoms with Crippen molar-refractivity contribution < 1.29 is 9.13 Å². The van der Waals surface area contributed by atoms with Crippen LogP contribution in [0.1, 0.15) is 18.2 Å². The topological polar surface area (TPSA) is 48.1 Å². The van der Waals surface area contributed by atoms with Crippen LogP contribution in [0, 0.1) is 12.7 Å². The molecule has 0 amide bonds. The van der Waals surface area contributed by atoms with Crippen molar-refractivity contribution in [2.45, 2.75) is 20.3 Å². The fraction of sp³-hybridized carbons (Fsp3) is 0.308. The first-order chi connectivity index (χ1) is 8.08. The maximum atomic E-state index is 13.4. The molecule has 0 aliphatic heterocycles. The predicted octanol–water partition coefficient (Wildman–Crippen LogP) is 2.84. The summed E-state index contributed by atoms with van der Waals surface area (Å²) in [4.78, 5) is 4.49. The van der Waals surface area contributed by atoms with Crippen LogP contribution in [0.5, 0.6) is 5.75 Å². The fourth-order valence-corrected chi connectivity index (χ4v) is 1.97. The first kappa shape index (κ1) is 11.6. The monoisotopic (exact) mass is 234 g/mol. The van der Waals surface area contributed by atoms with Gasteiger partial charge in [-0.05, 0) is 25.0 Å². The van der Waals surface area contributed by atoms with Crippen LogP contribution in [0.25, 0.3) is 10.9 Å². The Labute approximate surface area is 99.4 Å². The third-order valence-electron chi connectivity index (χ3n) is 2.97. The van der Waals surface area contributed by atoms with Crippen molar-refractivity contribution in [1.29, 1.82) is 0 Å². The van der Waals surface area contributed by atoms with Crippen LogP contribution in [0.2, 0.25) is 0 Å². The predicted molar refractivity (Wildman–Crippen MR) is 66.8 cm³/mol. The smallest absolute Gasteiger partial charge is 0.148 e. The number of anilines is 1. The van der Waals surface area contributed by atoms with Crippen LogP contribution < -0.4 is 10.5 Å².